The van der Waals surface area contributed by atoms with E-state index in [1.54, 1.807) is 0 Å². The van der Waals surface area contributed by atoms with Crippen molar-refractivity contribution in [3.05, 3.63) is 0 Å². The van der Waals surface area contributed by atoms with Gasteiger partial charge in [0.1, 0.15) is 0 Å². The molecule has 0 radical (unpaired) electrons. The second-order valence-electron chi connectivity index (χ2n) is 5.80. The van der Waals surface area contributed by atoms with E-state index in [1.165, 1.54) is 38.6 Å². The first-order valence-electron chi connectivity index (χ1n) is 6.61. The van der Waals surface area contributed by atoms with Gasteiger partial charge in [0, 0.05) is 18.1 Å². The van der Waals surface area contributed by atoms with Crippen LogP contribution in [0.15, 0.2) is 0 Å². The zero-order valence-corrected chi connectivity index (χ0v) is 10.5. The predicted molar refractivity (Wildman–Crippen MR) is 65.1 cm³/mol. The van der Waals surface area contributed by atoms with E-state index in [4.69, 9.17) is 0 Å². The maximum absolute atomic E-state index is 3.81. The van der Waals surface area contributed by atoms with E-state index in [0.29, 0.717) is 0 Å². The Morgan fingerprint density at radius 1 is 1.33 bits per heavy atom. The van der Waals surface area contributed by atoms with Crippen molar-refractivity contribution in [2.75, 3.05) is 13.6 Å². The van der Waals surface area contributed by atoms with Gasteiger partial charge in [0.25, 0.3) is 0 Å². The largest absolute Gasteiger partial charge is 0.311 e. The molecular weight excluding hydrogens is 184 g/mol. The number of piperidine rings is 1. The molecule has 3 unspecified atom stereocenters. The standard InChI is InChI=1S/C13H26N2/c1-10(8-12-4-5-12)14-13-6-7-15(3)11(2)9-13/h10-14H,4-9H2,1-3H3. The molecule has 2 fully saturated rings. The van der Waals surface area contributed by atoms with Crippen molar-refractivity contribution in [2.45, 2.75) is 64.1 Å². The van der Waals surface area contributed by atoms with Gasteiger partial charge in [-0.3, -0.25) is 0 Å². The highest BCUT2D eigenvalue weighted by Gasteiger charge is 2.27. The van der Waals surface area contributed by atoms with Crippen molar-refractivity contribution in [1.82, 2.24) is 10.2 Å². The summed E-state index contributed by atoms with van der Waals surface area (Å²) in [6, 6.07) is 2.26. The van der Waals surface area contributed by atoms with E-state index < -0.39 is 0 Å². The number of hydrogen-bond acceptors (Lipinski definition) is 2. The molecule has 1 N–H and O–H groups in total. The Hall–Kier alpha value is -0.0800. The van der Waals surface area contributed by atoms with Gasteiger partial charge in [-0.1, -0.05) is 12.8 Å². The van der Waals surface area contributed by atoms with Crippen molar-refractivity contribution >= 4 is 0 Å². The fraction of sp³-hybridized carbons (Fsp3) is 1.00. The van der Waals surface area contributed by atoms with Crippen LogP contribution < -0.4 is 5.32 Å². The highest BCUT2D eigenvalue weighted by Crippen LogP contribution is 2.33. The van der Waals surface area contributed by atoms with Gasteiger partial charge >= 0.3 is 0 Å². The third-order valence-electron chi connectivity index (χ3n) is 4.11. The molecule has 0 aromatic rings. The average Bonchev–Trinajstić information content (AvgIpc) is 2.95. The number of rotatable bonds is 4. The summed E-state index contributed by atoms with van der Waals surface area (Å²) in [4.78, 5) is 2.48. The molecule has 0 bridgehead atoms. The monoisotopic (exact) mass is 210 g/mol. The van der Waals surface area contributed by atoms with Gasteiger partial charge < -0.3 is 10.2 Å². The van der Waals surface area contributed by atoms with Crippen molar-refractivity contribution in [2.24, 2.45) is 5.92 Å². The highest BCUT2D eigenvalue weighted by atomic mass is 15.1. The van der Waals surface area contributed by atoms with E-state index in [9.17, 15) is 0 Å². The molecule has 1 heterocycles. The van der Waals surface area contributed by atoms with Crippen LogP contribution in [0.2, 0.25) is 0 Å². The van der Waals surface area contributed by atoms with E-state index >= 15 is 0 Å². The summed E-state index contributed by atoms with van der Waals surface area (Å²) in [5.74, 6) is 1.05. The van der Waals surface area contributed by atoms with Crippen LogP contribution in [-0.4, -0.2) is 36.6 Å². The van der Waals surface area contributed by atoms with Crippen LogP contribution in [0.1, 0.15) is 46.0 Å². The summed E-state index contributed by atoms with van der Waals surface area (Å²) >= 11 is 0. The summed E-state index contributed by atoms with van der Waals surface area (Å²) < 4.78 is 0. The number of nitrogens with one attached hydrogen (secondary N) is 1. The molecule has 0 aromatic heterocycles. The lowest BCUT2D eigenvalue weighted by molar-refractivity contribution is 0.162. The number of nitrogens with zero attached hydrogens (tertiary/aromatic N) is 1. The Morgan fingerprint density at radius 2 is 2.07 bits per heavy atom. The van der Waals surface area contributed by atoms with Crippen LogP contribution in [0.25, 0.3) is 0 Å². The van der Waals surface area contributed by atoms with Gasteiger partial charge in [0.15, 0.2) is 0 Å². The Balaban J connectivity index is 1.69. The van der Waals surface area contributed by atoms with Crippen LogP contribution in [0, 0.1) is 5.92 Å². The second kappa shape index (κ2) is 4.84. The molecule has 2 heteroatoms. The molecule has 1 aliphatic heterocycles. The van der Waals surface area contributed by atoms with Gasteiger partial charge in [0.2, 0.25) is 0 Å². The van der Waals surface area contributed by atoms with Crippen molar-refractivity contribution in [3.8, 4) is 0 Å². The summed E-state index contributed by atoms with van der Waals surface area (Å²) in [6.45, 7) is 5.97. The van der Waals surface area contributed by atoms with Crippen LogP contribution in [-0.2, 0) is 0 Å². The first-order valence-corrected chi connectivity index (χ1v) is 6.61. The van der Waals surface area contributed by atoms with Crippen LogP contribution >= 0.6 is 0 Å². The lowest BCUT2D eigenvalue weighted by Gasteiger charge is -2.36. The molecule has 1 aliphatic carbocycles. The first kappa shape index (κ1) is 11.4. The lowest BCUT2D eigenvalue weighted by Crippen LogP contribution is -2.48. The molecular formula is C13H26N2. The molecule has 1 saturated heterocycles. The van der Waals surface area contributed by atoms with Gasteiger partial charge in [-0.25, -0.2) is 0 Å². The second-order valence-corrected chi connectivity index (χ2v) is 5.80. The molecule has 2 rings (SSSR count). The average molecular weight is 210 g/mol. The SMILES string of the molecule is CC(CC1CC1)NC1CCN(C)C(C)C1. The van der Waals surface area contributed by atoms with Crippen molar-refractivity contribution in [1.29, 1.82) is 0 Å². The van der Waals surface area contributed by atoms with E-state index in [2.05, 4.69) is 31.1 Å². The molecule has 88 valence electrons. The van der Waals surface area contributed by atoms with Crippen LogP contribution in [0.4, 0.5) is 0 Å². The van der Waals surface area contributed by atoms with Gasteiger partial charge in [-0.15, -0.1) is 0 Å². The minimum Gasteiger partial charge on any atom is -0.311 e. The maximum Gasteiger partial charge on any atom is 0.00964 e. The Kier molecular flexibility index (Phi) is 3.68. The minimum atomic E-state index is 0.734. The van der Waals surface area contributed by atoms with E-state index in [1.807, 2.05) is 0 Å². The zero-order valence-electron chi connectivity index (χ0n) is 10.5. The fourth-order valence-corrected chi connectivity index (χ4v) is 2.76. The maximum atomic E-state index is 3.81. The first-order chi connectivity index (χ1) is 7.15. The Bertz CT molecular complexity index is 201. The summed E-state index contributed by atoms with van der Waals surface area (Å²) in [5, 5.41) is 3.81. The van der Waals surface area contributed by atoms with Crippen LogP contribution in [0.3, 0.4) is 0 Å². The zero-order chi connectivity index (χ0) is 10.8. The molecule has 3 atom stereocenters. The smallest absolute Gasteiger partial charge is 0.00964 e. The minimum absolute atomic E-state index is 0.734. The topological polar surface area (TPSA) is 15.3 Å². The van der Waals surface area contributed by atoms with Gasteiger partial charge in [0.05, 0.1) is 0 Å². The third-order valence-corrected chi connectivity index (χ3v) is 4.11. The van der Waals surface area contributed by atoms with E-state index in [-0.39, 0.29) is 0 Å². The summed E-state index contributed by atoms with van der Waals surface area (Å²) in [5.41, 5.74) is 0. The summed E-state index contributed by atoms with van der Waals surface area (Å²) in [7, 11) is 2.24. The van der Waals surface area contributed by atoms with Crippen LogP contribution in [0.5, 0.6) is 0 Å². The lowest BCUT2D eigenvalue weighted by atomic mass is 9.97. The predicted octanol–water partition coefficient (Wildman–Crippen LogP) is 2.25. The Labute approximate surface area is 94.4 Å². The molecule has 1 saturated carbocycles. The Morgan fingerprint density at radius 3 is 2.67 bits per heavy atom. The van der Waals surface area contributed by atoms with Gasteiger partial charge in [-0.2, -0.15) is 0 Å². The van der Waals surface area contributed by atoms with Gasteiger partial charge in [-0.05, 0) is 52.6 Å². The molecule has 0 amide bonds. The third kappa shape index (κ3) is 3.46. The molecule has 2 nitrogen and oxygen atoms in total. The van der Waals surface area contributed by atoms with Crippen molar-refractivity contribution in [3.63, 3.8) is 0 Å². The quantitative estimate of drug-likeness (QED) is 0.765. The highest BCUT2D eigenvalue weighted by molar-refractivity contribution is 4.85. The summed E-state index contributed by atoms with van der Waals surface area (Å²) in [6.07, 6.45) is 7.02. The molecule has 0 aromatic carbocycles. The number of hydrogen-bond donors (Lipinski definition) is 1. The van der Waals surface area contributed by atoms with E-state index in [0.717, 1.165) is 24.0 Å². The van der Waals surface area contributed by atoms with Crippen molar-refractivity contribution < 1.29 is 0 Å². The fourth-order valence-electron chi connectivity index (χ4n) is 2.76. The molecule has 15 heavy (non-hydrogen) atoms. The number of likely N-dealkylation sites (tertiary alicyclic amines) is 1. The molecule has 2 aliphatic rings. The molecule has 0 spiro atoms. The normalized spacial score (nSPS) is 35.4.